The highest BCUT2D eigenvalue weighted by Crippen LogP contribution is 2.29. The molecule has 1 aromatic heterocycles. The molecule has 0 amide bonds. The Morgan fingerprint density at radius 3 is 2.73 bits per heavy atom. The molecule has 174 valence electrons. The zero-order valence-corrected chi connectivity index (χ0v) is 20.9. The summed E-state index contributed by atoms with van der Waals surface area (Å²) in [6.07, 6.45) is 3.74. The van der Waals surface area contributed by atoms with Gasteiger partial charge < -0.3 is 0 Å². The van der Waals surface area contributed by atoms with Crippen LogP contribution >= 0.6 is 11.3 Å². The number of anilines is 1. The summed E-state index contributed by atoms with van der Waals surface area (Å²) in [4.78, 5) is 4.90. The van der Waals surface area contributed by atoms with Gasteiger partial charge in [0.25, 0.3) is 0 Å². The highest BCUT2D eigenvalue weighted by Gasteiger charge is 2.28. The van der Waals surface area contributed by atoms with Crippen LogP contribution in [0.1, 0.15) is 50.7 Å². The monoisotopic (exact) mass is 482 g/mol. The van der Waals surface area contributed by atoms with Crippen LogP contribution in [-0.4, -0.2) is 37.0 Å². The minimum Gasteiger partial charge on any atom is -0.253 e. The maximum absolute atomic E-state index is 13.1. The highest BCUT2D eigenvalue weighted by atomic mass is 32.2. The Labute approximate surface area is 200 Å². The first kappa shape index (κ1) is 23.6. The summed E-state index contributed by atoms with van der Waals surface area (Å²) >= 11 is 1.43. The van der Waals surface area contributed by atoms with Crippen molar-refractivity contribution in [3.8, 4) is 11.3 Å². The number of piperidine rings is 1. The fourth-order valence-electron chi connectivity index (χ4n) is 3.92. The second-order valence-electron chi connectivity index (χ2n) is 8.87. The molecule has 0 saturated carbocycles. The Hall–Kier alpha value is -2.55. The van der Waals surface area contributed by atoms with E-state index in [-0.39, 0.29) is 0 Å². The van der Waals surface area contributed by atoms with E-state index in [2.05, 4.69) is 48.4 Å². The number of nitrogens with one attached hydrogen (secondary N) is 1. The molecule has 0 aliphatic carbocycles. The van der Waals surface area contributed by atoms with E-state index in [9.17, 15) is 8.42 Å². The number of hydrogen-bond donors (Lipinski definition) is 1. The molecule has 1 aliphatic rings. The van der Waals surface area contributed by atoms with Crippen LogP contribution in [0.2, 0.25) is 0 Å². The van der Waals surface area contributed by atoms with Crippen molar-refractivity contribution in [2.24, 2.45) is 11.0 Å². The van der Waals surface area contributed by atoms with Crippen LogP contribution in [0, 0.1) is 5.92 Å². The maximum Gasteiger partial charge on any atom is 0.243 e. The largest absolute Gasteiger partial charge is 0.253 e. The van der Waals surface area contributed by atoms with Crippen molar-refractivity contribution >= 4 is 32.7 Å². The van der Waals surface area contributed by atoms with Gasteiger partial charge in [-0.2, -0.15) is 9.41 Å². The van der Waals surface area contributed by atoms with Crippen LogP contribution in [0.3, 0.4) is 0 Å². The van der Waals surface area contributed by atoms with Crippen LogP contribution in [0.5, 0.6) is 0 Å². The van der Waals surface area contributed by atoms with Crippen molar-refractivity contribution in [1.29, 1.82) is 0 Å². The molecule has 1 unspecified atom stereocenters. The van der Waals surface area contributed by atoms with Crippen molar-refractivity contribution in [2.45, 2.75) is 44.4 Å². The molecule has 1 atom stereocenters. The Morgan fingerprint density at radius 1 is 1.21 bits per heavy atom. The van der Waals surface area contributed by atoms with E-state index in [1.165, 1.54) is 16.9 Å². The normalized spacial score (nSPS) is 17.6. The lowest BCUT2D eigenvalue weighted by Gasteiger charge is -2.30. The average molecular weight is 483 g/mol. The summed E-state index contributed by atoms with van der Waals surface area (Å²) < 4.78 is 27.9. The van der Waals surface area contributed by atoms with Crippen molar-refractivity contribution in [1.82, 2.24) is 9.29 Å². The zero-order chi connectivity index (χ0) is 23.4. The number of aromatic nitrogens is 1. The Balaban J connectivity index is 1.45. The molecular weight excluding hydrogens is 452 g/mol. The summed E-state index contributed by atoms with van der Waals surface area (Å²) in [5.41, 5.74) is 6.78. The second kappa shape index (κ2) is 10.2. The molecule has 1 N–H and O–H groups in total. The van der Waals surface area contributed by atoms with E-state index >= 15 is 0 Å². The standard InChI is InChI=1S/C25H30N4O2S2/c1-18(2)21-11-9-20(10-12-21)15-26-28-25-27-24(17-32-25)22-7-4-8-23(14-22)33(30,31)29-13-5-6-19(3)16-29/h4,7-12,14-15,17-19H,5-6,13,16H2,1-3H3,(H,27,28). The Bertz CT molecular complexity index is 1220. The summed E-state index contributed by atoms with van der Waals surface area (Å²) in [6.45, 7) is 7.61. The average Bonchev–Trinajstić information content (AvgIpc) is 3.28. The molecule has 4 rings (SSSR count). The Morgan fingerprint density at radius 2 is 2.00 bits per heavy atom. The molecule has 8 heteroatoms. The first-order chi connectivity index (χ1) is 15.8. The van der Waals surface area contributed by atoms with Crippen LogP contribution in [0.4, 0.5) is 5.13 Å². The van der Waals surface area contributed by atoms with Crippen LogP contribution in [0.25, 0.3) is 11.3 Å². The van der Waals surface area contributed by atoms with Crippen LogP contribution in [-0.2, 0) is 10.0 Å². The van der Waals surface area contributed by atoms with E-state index in [1.807, 2.05) is 23.6 Å². The smallest absolute Gasteiger partial charge is 0.243 e. The number of sulfonamides is 1. The number of nitrogens with zero attached hydrogens (tertiary/aromatic N) is 3. The summed E-state index contributed by atoms with van der Waals surface area (Å²) in [6, 6.07) is 15.4. The number of hydrazone groups is 1. The van der Waals surface area contributed by atoms with Gasteiger partial charge in [0, 0.05) is 24.0 Å². The van der Waals surface area contributed by atoms with Gasteiger partial charge in [-0.25, -0.2) is 13.4 Å². The van der Waals surface area contributed by atoms with Crippen molar-refractivity contribution in [3.05, 3.63) is 65.0 Å². The van der Waals surface area contributed by atoms with Crippen molar-refractivity contribution < 1.29 is 8.42 Å². The van der Waals surface area contributed by atoms with Crippen molar-refractivity contribution in [2.75, 3.05) is 18.5 Å². The SMILES string of the molecule is CC1CCCN(S(=O)(=O)c2cccc(-c3csc(NN=Cc4ccc(C(C)C)cc4)n3)c2)C1. The topological polar surface area (TPSA) is 74.7 Å². The molecule has 0 bridgehead atoms. The quantitative estimate of drug-likeness (QED) is 0.341. The molecule has 2 heterocycles. The third-order valence-electron chi connectivity index (χ3n) is 5.87. The number of rotatable bonds is 7. The highest BCUT2D eigenvalue weighted by molar-refractivity contribution is 7.89. The third-order valence-corrected chi connectivity index (χ3v) is 8.48. The second-order valence-corrected chi connectivity index (χ2v) is 11.7. The molecule has 3 aromatic rings. The predicted octanol–water partition coefficient (Wildman–Crippen LogP) is 5.80. The molecular formula is C25H30N4O2S2. The van der Waals surface area contributed by atoms with Gasteiger partial charge in [-0.1, -0.05) is 57.2 Å². The first-order valence-corrected chi connectivity index (χ1v) is 13.6. The number of hydrogen-bond acceptors (Lipinski definition) is 6. The molecule has 6 nitrogen and oxygen atoms in total. The lowest BCUT2D eigenvalue weighted by molar-refractivity contribution is 0.281. The minimum absolute atomic E-state index is 0.319. The Kier molecular flexibility index (Phi) is 7.26. The molecule has 1 fully saturated rings. The minimum atomic E-state index is -3.50. The van der Waals surface area contributed by atoms with E-state index in [0.29, 0.717) is 35.0 Å². The summed E-state index contributed by atoms with van der Waals surface area (Å²) in [5, 5.41) is 6.85. The van der Waals surface area contributed by atoms with Gasteiger partial charge in [0.15, 0.2) is 0 Å². The lowest BCUT2D eigenvalue weighted by Crippen LogP contribution is -2.39. The van der Waals surface area contributed by atoms with Gasteiger partial charge in [-0.05, 0) is 47.9 Å². The zero-order valence-electron chi connectivity index (χ0n) is 19.2. The molecule has 1 saturated heterocycles. The molecule has 0 radical (unpaired) electrons. The maximum atomic E-state index is 13.1. The number of benzene rings is 2. The van der Waals surface area contributed by atoms with E-state index < -0.39 is 10.0 Å². The number of thiazole rings is 1. The molecule has 2 aromatic carbocycles. The summed E-state index contributed by atoms with van der Waals surface area (Å²) in [7, 11) is -3.50. The van der Waals surface area contributed by atoms with Gasteiger partial charge in [0.05, 0.1) is 16.8 Å². The molecule has 1 aliphatic heterocycles. The van der Waals surface area contributed by atoms with Gasteiger partial charge in [-0.3, -0.25) is 5.43 Å². The summed E-state index contributed by atoms with van der Waals surface area (Å²) in [5.74, 6) is 0.886. The van der Waals surface area contributed by atoms with Crippen LogP contribution < -0.4 is 5.43 Å². The third kappa shape index (κ3) is 5.69. The van der Waals surface area contributed by atoms with E-state index in [1.54, 1.807) is 28.7 Å². The first-order valence-electron chi connectivity index (χ1n) is 11.3. The molecule has 33 heavy (non-hydrogen) atoms. The lowest BCUT2D eigenvalue weighted by atomic mass is 10.0. The fourth-order valence-corrected chi connectivity index (χ4v) is 6.23. The van der Waals surface area contributed by atoms with E-state index in [0.717, 1.165) is 29.7 Å². The van der Waals surface area contributed by atoms with Gasteiger partial charge >= 0.3 is 0 Å². The van der Waals surface area contributed by atoms with Gasteiger partial charge in [0.1, 0.15) is 0 Å². The van der Waals surface area contributed by atoms with Gasteiger partial charge in [0.2, 0.25) is 15.2 Å². The molecule has 0 spiro atoms. The predicted molar refractivity (Wildman–Crippen MR) is 136 cm³/mol. The van der Waals surface area contributed by atoms with Crippen LogP contribution in [0.15, 0.2) is 63.9 Å². The van der Waals surface area contributed by atoms with Gasteiger partial charge in [-0.15, -0.1) is 11.3 Å². The fraction of sp³-hybridized carbons (Fsp3) is 0.360. The van der Waals surface area contributed by atoms with Crippen molar-refractivity contribution in [3.63, 3.8) is 0 Å². The van der Waals surface area contributed by atoms with E-state index in [4.69, 9.17) is 0 Å².